The second kappa shape index (κ2) is 5.77. The third kappa shape index (κ3) is 3.03. The van der Waals surface area contributed by atoms with Crippen LogP contribution in [0.25, 0.3) is 0 Å². The lowest BCUT2D eigenvalue weighted by Gasteiger charge is -2.19. The maximum Gasteiger partial charge on any atom is 0.145 e. The molecule has 0 aromatic heterocycles. The van der Waals surface area contributed by atoms with E-state index in [2.05, 4.69) is 10.4 Å². The van der Waals surface area contributed by atoms with Gasteiger partial charge in [-0.1, -0.05) is 31.4 Å². The molecule has 3 nitrogen and oxygen atoms in total. The predicted octanol–water partition coefficient (Wildman–Crippen LogP) is 2.37. The van der Waals surface area contributed by atoms with E-state index in [1.807, 2.05) is 0 Å². The summed E-state index contributed by atoms with van der Waals surface area (Å²) in [6.07, 6.45) is 5.81. The van der Waals surface area contributed by atoms with E-state index in [1.165, 1.54) is 25.3 Å². The van der Waals surface area contributed by atoms with Gasteiger partial charge in [-0.15, -0.1) is 0 Å². The van der Waals surface area contributed by atoms with Gasteiger partial charge in [0.15, 0.2) is 0 Å². The molecule has 0 heterocycles. The zero-order valence-electron chi connectivity index (χ0n) is 9.82. The average Bonchev–Trinajstić information content (AvgIpc) is 2.38. The fourth-order valence-corrected chi connectivity index (χ4v) is 2.23. The van der Waals surface area contributed by atoms with Crippen LogP contribution >= 0.6 is 0 Å². The Kier molecular flexibility index (Phi) is 4.09. The summed E-state index contributed by atoms with van der Waals surface area (Å²) in [5.74, 6) is 5.61. The van der Waals surface area contributed by atoms with Crippen molar-refractivity contribution in [3.8, 4) is 0 Å². The molecule has 2 rings (SSSR count). The maximum absolute atomic E-state index is 13.6. The largest absolute Gasteiger partial charge is 0.308 e. The number of nitrogens with two attached hydrogens (primary N) is 1. The van der Waals surface area contributed by atoms with Gasteiger partial charge in [0.2, 0.25) is 0 Å². The van der Waals surface area contributed by atoms with Gasteiger partial charge in [-0.05, 0) is 25.0 Å². The van der Waals surface area contributed by atoms with Crippen molar-refractivity contribution < 1.29 is 4.39 Å². The molecule has 1 aliphatic rings. The van der Waals surface area contributed by atoms with Crippen molar-refractivity contribution in [2.75, 3.05) is 0 Å². The molecule has 1 saturated carbocycles. The number of aliphatic imine (C=N–C) groups is 1. The Bertz CT molecular complexity index is 397. The van der Waals surface area contributed by atoms with E-state index in [-0.39, 0.29) is 11.9 Å². The monoisotopic (exact) mass is 235 g/mol. The number of hydrazine groups is 1. The van der Waals surface area contributed by atoms with Crippen LogP contribution in [0.2, 0.25) is 0 Å². The SMILES string of the molecule is NNC(=NC1CCCCC1)c1ccccc1F. The lowest BCUT2D eigenvalue weighted by Crippen LogP contribution is -2.33. The number of halogens is 1. The number of benzene rings is 1. The molecule has 0 aliphatic heterocycles. The van der Waals surface area contributed by atoms with E-state index in [0.29, 0.717) is 11.4 Å². The standard InChI is InChI=1S/C13H18FN3/c14-12-9-5-4-8-11(12)13(17-15)16-10-6-2-1-3-7-10/h4-5,8-10H,1-3,6-7,15H2,(H,16,17). The van der Waals surface area contributed by atoms with Crippen LogP contribution in [-0.2, 0) is 0 Å². The number of hydrogen-bond acceptors (Lipinski definition) is 2. The minimum atomic E-state index is -0.292. The topological polar surface area (TPSA) is 50.4 Å². The van der Waals surface area contributed by atoms with Crippen LogP contribution in [0.4, 0.5) is 4.39 Å². The molecule has 1 aromatic carbocycles. The third-order valence-electron chi connectivity index (χ3n) is 3.15. The lowest BCUT2D eigenvalue weighted by molar-refractivity contribution is 0.442. The molecule has 0 spiro atoms. The summed E-state index contributed by atoms with van der Waals surface area (Å²) < 4.78 is 13.6. The van der Waals surface area contributed by atoms with Gasteiger partial charge >= 0.3 is 0 Å². The first kappa shape index (κ1) is 12.0. The minimum Gasteiger partial charge on any atom is -0.308 e. The summed E-state index contributed by atoms with van der Waals surface area (Å²) in [5, 5.41) is 0. The van der Waals surface area contributed by atoms with Crippen LogP contribution in [0.1, 0.15) is 37.7 Å². The highest BCUT2D eigenvalue weighted by Crippen LogP contribution is 2.21. The fourth-order valence-electron chi connectivity index (χ4n) is 2.23. The molecule has 0 radical (unpaired) electrons. The molecule has 1 fully saturated rings. The molecular weight excluding hydrogens is 217 g/mol. The number of amidine groups is 1. The van der Waals surface area contributed by atoms with Gasteiger partial charge in [0, 0.05) is 0 Å². The molecular formula is C13H18FN3. The van der Waals surface area contributed by atoms with Crippen molar-refractivity contribution in [3.63, 3.8) is 0 Å². The van der Waals surface area contributed by atoms with Crippen molar-refractivity contribution in [1.82, 2.24) is 5.43 Å². The predicted molar refractivity (Wildman–Crippen MR) is 67.1 cm³/mol. The Balaban J connectivity index is 2.20. The van der Waals surface area contributed by atoms with Gasteiger partial charge in [0.1, 0.15) is 11.7 Å². The number of nitrogens with zero attached hydrogens (tertiary/aromatic N) is 1. The molecule has 1 aliphatic carbocycles. The highest BCUT2D eigenvalue weighted by atomic mass is 19.1. The van der Waals surface area contributed by atoms with Crippen molar-refractivity contribution >= 4 is 5.84 Å². The smallest absolute Gasteiger partial charge is 0.145 e. The Hall–Kier alpha value is -1.42. The Morgan fingerprint density at radius 3 is 2.59 bits per heavy atom. The zero-order chi connectivity index (χ0) is 12.1. The molecule has 17 heavy (non-hydrogen) atoms. The highest BCUT2D eigenvalue weighted by Gasteiger charge is 2.15. The molecule has 0 atom stereocenters. The first-order valence-corrected chi connectivity index (χ1v) is 6.10. The van der Waals surface area contributed by atoms with Crippen LogP contribution in [0.3, 0.4) is 0 Å². The molecule has 0 amide bonds. The van der Waals surface area contributed by atoms with Crippen molar-refractivity contribution in [1.29, 1.82) is 0 Å². The van der Waals surface area contributed by atoms with Crippen LogP contribution in [0.5, 0.6) is 0 Å². The zero-order valence-corrected chi connectivity index (χ0v) is 9.82. The van der Waals surface area contributed by atoms with Crippen LogP contribution in [0.15, 0.2) is 29.3 Å². The van der Waals surface area contributed by atoms with Crippen LogP contribution < -0.4 is 11.3 Å². The summed E-state index contributed by atoms with van der Waals surface area (Å²) in [4.78, 5) is 4.53. The normalized spacial score (nSPS) is 18.1. The quantitative estimate of drug-likeness (QED) is 0.358. The van der Waals surface area contributed by atoms with E-state index >= 15 is 0 Å². The summed E-state index contributed by atoms with van der Waals surface area (Å²) in [6, 6.07) is 6.83. The Morgan fingerprint density at radius 2 is 1.94 bits per heavy atom. The first-order chi connectivity index (χ1) is 8.31. The minimum absolute atomic E-state index is 0.273. The first-order valence-electron chi connectivity index (χ1n) is 6.10. The van der Waals surface area contributed by atoms with Gasteiger partial charge in [-0.25, -0.2) is 10.2 Å². The number of rotatable bonds is 2. The van der Waals surface area contributed by atoms with E-state index in [1.54, 1.807) is 18.2 Å². The molecule has 4 heteroatoms. The Morgan fingerprint density at radius 1 is 1.24 bits per heavy atom. The highest BCUT2D eigenvalue weighted by molar-refractivity contribution is 5.98. The van der Waals surface area contributed by atoms with E-state index in [4.69, 9.17) is 5.84 Å². The third-order valence-corrected chi connectivity index (χ3v) is 3.15. The van der Waals surface area contributed by atoms with Crippen molar-refractivity contribution in [2.24, 2.45) is 10.8 Å². The van der Waals surface area contributed by atoms with Gasteiger partial charge in [0.25, 0.3) is 0 Å². The lowest BCUT2D eigenvalue weighted by atomic mass is 9.96. The average molecular weight is 235 g/mol. The van der Waals surface area contributed by atoms with Gasteiger partial charge in [0.05, 0.1) is 11.6 Å². The van der Waals surface area contributed by atoms with Gasteiger partial charge in [-0.2, -0.15) is 0 Å². The van der Waals surface area contributed by atoms with Gasteiger partial charge < -0.3 is 5.43 Å². The van der Waals surface area contributed by atoms with Gasteiger partial charge in [-0.3, -0.25) is 4.99 Å². The second-order valence-corrected chi connectivity index (χ2v) is 4.39. The molecule has 0 bridgehead atoms. The van der Waals surface area contributed by atoms with Crippen LogP contribution in [-0.4, -0.2) is 11.9 Å². The summed E-state index contributed by atoms with van der Waals surface area (Å²) in [5.41, 5.74) is 2.96. The summed E-state index contributed by atoms with van der Waals surface area (Å²) in [7, 11) is 0. The molecule has 3 N–H and O–H groups in total. The van der Waals surface area contributed by atoms with Crippen LogP contribution in [0, 0.1) is 5.82 Å². The van der Waals surface area contributed by atoms with E-state index in [9.17, 15) is 4.39 Å². The summed E-state index contributed by atoms with van der Waals surface area (Å²) >= 11 is 0. The molecule has 0 unspecified atom stereocenters. The number of nitrogens with one attached hydrogen (secondary N) is 1. The Labute approximate surface area is 101 Å². The van der Waals surface area contributed by atoms with Crippen molar-refractivity contribution in [3.05, 3.63) is 35.6 Å². The second-order valence-electron chi connectivity index (χ2n) is 4.39. The number of hydrogen-bond donors (Lipinski definition) is 2. The van der Waals surface area contributed by atoms with E-state index < -0.39 is 0 Å². The fraction of sp³-hybridized carbons (Fsp3) is 0.462. The maximum atomic E-state index is 13.6. The molecule has 1 aromatic rings. The van der Waals surface area contributed by atoms with Crippen molar-refractivity contribution in [2.45, 2.75) is 38.1 Å². The molecule has 92 valence electrons. The molecule has 0 saturated heterocycles. The summed E-state index contributed by atoms with van der Waals surface area (Å²) in [6.45, 7) is 0. The van der Waals surface area contributed by atoms with E-state index in [0.717, 1.165) is 12.8 Å².